The summed E-state index contributed by atoms with van der Waals surface area (Å²) in [6.45, 7) is -1.37. The van der Waals surface area contributed by atoms with Crippen LogP contribution in [0.4, 0.5) is 24.0 Å². The third-order valence-corrected chi connectivity index (χ3v) is 7.42. The Morgan fingerprint density at radius 3 is 2.55 bits per heavy atom. The first-order chi connectivity index (χ1) is 18.0. The van der Waals surface area contributed by atoms with Crippen molar-refractivity contribution in [1.82, 2.24) is 9.71 Å². The minimum atomic E-state index is -3.92. The molecule has 202 valence electrons. The van der Waals surface area contributed by atoms with E-state index in [0.29, 0.717) is 21.7 Å². The first kappa shape index (κ1) is 28.9. The van der Waals surface area contributed by atoms with Gasteiger partial charge in [0, 0.05) is 24.3 Å². The lowest BCUT2D eigenvalue weighted by Crippen LogP contribution is -2.33. The van der Waals surface area contributed by atoms with Crippen LogP contribution in [0.3, 0.4) is 0 Å². The summed E-state index contributed by atoms with van der Waals surface area (Å²) in [6, 6.07) is 11.9. The molecule has 0 spiro atoms. The number of amides is 1. The van der Waals surface area contributed by atoms with Crippen molar-refractivity contribution in [3.63, 3.8) is 0 Å². The first-order valence-electron chi connectivity index (χ1n) is 11.0. The number of benzene rings is 2. The van der Waals surface area contributed by atoms with Gasteiger partial charge in [0.2, 0.25) is 10.0 Å². The molecule has 1 amide bonds. The van der Waals surface area contributed by atoms with Crippen molar-refractivity contribution in [3.8, 4) is 11.8 Å². The van der Waals surface area contributed by atoms with Crippen molar-refractivity contribution in [2.24, 2.45) is 0 Å². The lowest BCUT2D eigenvalue weighted by molar-refractivity contribution is -0.0522. The Hall–Kier alpha value is -3.67. The highest BCUT2D eigenvalue weighted by Crippen LogP contribution is 2.34. The minimum Gasteiger partial charge on any atom is -0.432 e. The van der Waals surface area contributed by atoms with Crippen LogP contribution in [0.1, 0.15) is 32.9 Å². The van der Waals surface area contributed by atoms with Gasteiger partial charge in [-0.05, 0) is 55.3 Å². The number of hydrogen-bond donors (Lipinski definition) is 1. The second kappa shape index (κ2) is 12.7. The van der Waals surface area contributed by atoms with Crippen molar-refractivity contribution in [1.29, 1.82) is 5.26 Å². The molecule has 0 atom stereocenters. The fourth-order valence-corrected chi connectivity index (χ4v) is 5.25. The zero-order valence-electron chi connectivity index (χ0n) is 20.3. The van der Waals surface area contributed by atoms with Crippen LogP contribution >= 0.6 is 11.3 Å². The molecule has 38 heavy (non-hydrogen) atoms. The lowest BCUT2D eigenvalue weighted by Gasteiger charge is -2.22. The minimum absolute atomic E-state index is 0.00110. The van der Waals surface area contributed by atoms with Crippen LogP contribution in [0.15, 0.2) is 42.5 Å². The van der Waals surface area contributed by atoms with Gasteiger partial charge < -0.3 is 14.4 Å². The molecule has 1 N–H and O–H groups in total. The number of rotatable bonds is 12. The Morgan fingerprint density at radius 1 is 1.24 bits per heavy atom. The van der Waals surface area contributed by atoms with E-state index in [9.17, 15) is 26.4 Å². The Kier molecular flexibility index (Phi) is 9.67. The Morgan fingerprint density at radius 2 is 1.95 bits per heavy atom. The predicted octanol–water partition coefficient (Wildman–Crippen LogP) is 4.50. The zero-order chi connectivity index (χ0) is 27.9. The number of hydrogen-bond acceptors (Lipinski definition) is 9. The van der Waals surface area contributed by atoms with E-state index in [2.05, 4.69) is 9.72 Å². The standard InChI is InChI=1S/C24H23F3N4O5S2/c1-15-21(22(32)30-38(33,34)11-3-10-35-2)29-24(37-15)31(18-7-4-16(13-28)5-8-18)14-17-6-9-20(19(25)12-17)36-23(26)27/h4-9,12,23H,3,10-11,14H2,1-2H3,(H,30,32). The average molecular weight is 569 g/mol. The summed E-state index contributed by atoms with van der Waals surface area (Å²) in [6.07, 6.45) is 0.199. The molecule has 1 aromatic heterocycles. The average Bonchev–Trinajstić information content (AvgIpc) is 3.25. The number of nitrogens with zero attached hydrogens (tertiary/aromatic N) is 3. The molecule has 2 aromatic carbocycles. The molecule has 9 nitrogen and oxygen atoms in total. The number of ether oxygens (including phenoxy) is 2. The molecule has 3 aromatic rings. The summed E-state index contributed by atoms with van der Waals surface area (Å²) < 4.78 is 74.8. The van der Waals surface area contributed by atoms with Crippen molar-refractivity contribution in [2.75, 3.05) is 24.4 Å². The van der Waals surface area contributed by atoms with Crippen LogP contribution in [0, 0.1) is 24.1 Å². The second-order valence-electron chi connectivity index (χ2n) is 7.89. The number of carbonyl (C=O) groups is 1. The van der Waals surface area contributed by atoms with Gasteiger partial charge in [-0.1, -0.05) is 6.07 Å². The van der Waals surface area contributed by atoms with E-state index in [-0.39, 0.29) is 36.2 Å². The first-order valence-corrected chi connectivity index (χ1v) is 13.5. The van der Waals surface area contributed by atoms with Gasteiger partial charge in [-0.15, -0.1) is 11.3 Å². The van der Waals surface area contributed by atoms with Crippen LogP contribution in [0.5, 0.6) is 5.75 Å². The topological polar surface area (TPSA) is 122 Å². The summed E-state index contributed by atoms with van der Waals surface area (Å²) in [5, 5.41) is 9.40. The largest absolute Gasteiger partial charge is 0.432 e. The van der Waals surface area contributed by atoms with Gasteiger partial charge in [-0.2, -0.15) is 14.0 Å². The summed E-state index contributed by atoms with van der Waals surface area (Å²) in [5.41, 5.74) is 1.19. The number of methoxy groups -OCH3 is 1. The third-order valence-electron chi connectivity index (χ3n) is 5.10. The molecule has 0 saturated heterocycles. The molecule has 1 heterocycles. The van der Waals surface area contributed by atoms with Crippen LogP contribution in [-0.4, -0.2) is 45.4 Å². The zero-order valence-corrected chi connectivity index (χ0v) is 21.9. The van der Waals surface area contributed by atoms with Gasteiger partial charge in [0.25, 0.3) is 5.91 Å². The summed E-state index contributed by atoms with van der Waals surface area (Å²) in [7, 11) is -2.49. The number of anilines is 2. The van der Waals surface area contributed by atoms with Crippen molar-refractivity contribution in [2.45, 2.75) is 26.5 Å². The molecule has 0 aliphatic heterocycles. The number of thiazole rings is 1. The number of sulfonamides is 1. The highest BCUT2D eigenvalue weighted by molar-refractivity contribution is 7.90. The Labute approximate surface area is 221 Å². The lowest BCUT2D eigenvalue weighted by atomic mass is 10.1. The number of halogens is 3. The second-order valence-corrected chi connectivity index (χ2v) is 10.9. The van der Waals surface area contributed by atoms with Crippen LogP contribution in [0.25, 0.3) is 0 Å². The van der Waals surface area contributed by atoms with E-state index >= 15 is 0 Å². The summed E-state index contributed by atoms with van der Waals surface area (Å²) >= 11 is 1.09. The van der Waals surface area contributed by atoms with Crippen LogP contribution in [0.2, 0.25) is 0 Å². The quantitative estimate of drug-likeness (QED) is 0.317. The molecule has 0 aliphatic carbocycles. The smallest absolute Gasteiger partial charge is 0.387 e. The monoisotopic (exact) mass is 568 g/mol. The summed E-state index contributed by atoms with van der Waals surface area (Å²) in [4.78, 5) is 19.1. The van der Waals surface area contributed by atoms with Gasteiger partial charge >= 0.3 is 6.61 Å². The fraction of sp³-hybridized carbons (Fsp3) is 0.292. The summed E-state index contributed by atoms with van der Waals surface area (Å²) in [5.74, 6) is -2.81. The number of aromatic nitrogens is 1. The molecule has 0 unspecified atom stereocenters. The van der Waals surface area contributed by atoms with Gasteiger partial charge in [-0.3, -0.25) is 4.79 Å². The normalized spacial score (nSPS) is 11.3. The van der Waals surface area contributed by atoms with Crippen molar-refractivity contribution in [3.05, 3.63) is 70.0 Å². The Bertz CT molecular complexity index is 1420. The maximum Gasteiger partial charge on any atom is 0.387 e. The molecular weight excluding hydrogens is 545 g/mol. The van der Waals surface area contributed by atoms with Gasteiger partial charge in [-0.25, -0.2) is 22.5 Å². The maximum atomic E-state index is 14.4. The maximum absolute atomic E-state index is 14.4. The number of nitrogens with one attached hydrogen (secondary N) is 1. The molecule has 0 fully saturated rings. The highest BCUT2D eigenvalue weighted by atomic mass is 32.2. The number of alkyl halides is 2. The number of nitriles is 1. The van der Waals surface area contributed by atoms with Gasteiger partial charge in [0.1, 0.15) is 5.69 Å². The predicted molar refractivity (Wildman–Crippen MR) is 135 cm³/mol. The van der Waals surface area contributed by atoms with Crippen LogP contribution in [-0.2, 0) is 21.3 Å². The van der Waals surface area contributed by atoms with Gasteiger partial charge in [0.05, 0.1) is 23.9 Å². The van der Waals surface area contributed by atoms with E-state index in [4.69, 9.17) is 10.00 Å². The third kappa shape index (κ3) is 7.67. The molecule has 0 radical (unpaired) electrons. The fourth-order valence-electron chi connectivity index (χ4n) is 3.34. The van der Waals surface area contributed by atoms with Gasteiger partial charge in [0.15, 0.2) is 16.7 Å². The SMILES string of the molecule is COCCCS(=O)(=O)NC(=O)c1nc(N(Cc2ccc(OC(F)F)c(F)c2)c2ccc(C#N)cc2)sc1C. The molecule has 0 aliphatic rings. The molecular formula is C24H23F3N4O5S2. The van der Waals surface area contributed by atoms with Crippen LogP contribution < -0.4 is 14.4 Å². The van der Waals surface area contributed by atoms with E-state index in [1.54, 1.807) is 36.1 Å². The highest BCUT2D eigenvalue weighted by Gasteiger charge is 2.24. The Balaban J connectivity index is 1.93. The number of carbonyl (C=O) groups excluding carboxylic acids is 1. The van der Waals surface area contributed by atoms with E-state index in [1.807, 2.05) is 10.8 Å². The van der Waals surface area contributed by atoms with E-state index < -0.39 is 34.1 Å². The molecule has 3 rings (SSSR count). The van der Waals surface area contributed by atoms with E-state index in [1.165, 1.54) is 13.2 Å². The molecule has 0 saturated carbocycles. The van der Waals surface area contributed by atoms with Crippen molar-refractivity contribution < 1.29 is 35.9 Å². The van der Waals surface area contributed by atoms with E-state index in [0.717, 1.165) is 23.5 Å². The van der Waals surface area contributed by atoms with Crippen molar-refractivity contribution >= 4 is 38.1 Å². The molecule has 14 heteroatoms. The number of aryl methyl sites for hydroxylation is 1. The molecule has 0 bridgehead atoms.